The molecule has 1 aliphatic heterocycles. The number of likely N-dealkylation sites (tertiary alicyclic amines) is 1. The molecule has 2 rings (SSSR count). The average molecular weight is 368 g/mol. The number of piperidine rings is 1. The van der Waals surface area contributed by atoms with E-state index in [1.165, 1.54) is 7.11 Å². The molecule has 25 heavy (non-hydrogen) atoms. The molecule has 0 radical (unpaired) electrons. The highest BCUT2D eigenvalue weighted by molar-refractivity contribution is 7.92. The highest BCUT2D eigenvalue weighted by Crippen LogP contribution is 2.24. The number of carbonyl (C=O) groups excluding carboxylic acids is 2. The smallest absolute Gasteiger partial charge is 0.308 e. The summed E-state index contributed by atoms with van der Waals surface area (Å²) in [6.45, 7) is 2.41. The first-order valence-corrected chi connectivity index (χ1v) is 10.0. The number of rotatable bonds is 5. The van der Waals surface area contributed by atoms with Crippen LogP contribution in [0.3, 0.4) is 0 Å². The summed E-state index contributed by atoms with van der Waals surface area (Å²) >= 11 is 0. The van der Waals surface area contributed by atoms with Crippen LogP contribution >= 0.6 is 0 Å². The maximum absolute atomic E-state index is 12.8. The van der Waals surface area contributed by atoms with Gasteiger partial charge in [-0.3, -0.25) is 13.9 Å². The number of amides is 1. The molecule has 1 aromatic rings. The maximum atomic E-state index is 12.8. The zero-order valence-electron chi connectivity index (χ0n) is 14.7. The van der Waals surface area contributed by atoms with Gasteiger partial charge >= 0.3 is 5.97 Å². The molecule has 1 aromatic carbocycles. The van der Waals surface area contributed by atoms with Crippen molar-refractivity contribution in [1.29, 1.82) is 0 Å². The summed E-state index contributed by atoms with van der Waals surface area (Å²) in [5.74, 6) is -0.732. The molecule has 0 spiro atoms. The molecule has 1 saturated heterocycles. The molecule has 0 bridgehead atoms. The Kier molecular flexibility index (Phi) is 6.05. The molecule has 0 N–H and O–H groups in total. The topological polar surface area (TPSA) is 84.0 Å². The van der Waals surface area contributed by atoms with Crippen LogP contribution in [0.2, 0.25) is 0 Å². The normalized spacial score (nSPS) is 17.0. The van der Waals surface area contributed by atoms with Gasteiger partial charge in [0.1, 0.15) is 6.04 Å². The van der Waals surface area contributed by atoms with Gasteiger partial charge in [0.05, 0.1) is 25.0 Å². The van der Waals surface area contributed by atoms with Crippen molar-refractivity contribution in [3.05, 3.63) is 30.3 Å². The molecule has 0 aromatic heterocycles. The number of hydrogen-bond donors (Lipinski definition) is 0. The van der Waals surface area contributed by atoms with E-state index in [4.69, 9.17) is 4.74 Å². The fraction of sp³-hybridized carbons (Fsp3) is 0.529. The van der Waals surface area contributed by atoms with Crippen molar-refractivity contribution in [3.63, 3.8) is 0 Å². The van der Waals surface area contributed by atoms with Crippen molar-refractivity contribution in [3.8, 4) is 0 Å². The fourth-order valence-corrected chi connectivity index (χ4v) is 4.31. The lowest BCUT2D eigenvalue weighted by Crippen LogP contribution is -2.51. The molecule has 8 heteroatoms. The molecule has 1 amide bonds. The summed E-state index contributed by atoms with van der Waals surface area (Å²) in [6.07, 6.45) is 2.14. The van der Waals surface area contributed by atoms with Crippen molar-refractivity contribution in [2.45, 2.75) is 25.8 Å². The number of hydrogen-bond acceptors (Lipinski definition) is 5. The number of sulfonamides is 1. The second-order valence-electron chi connectivity index (χ2n) is 6.19. The van der Waals surface area contributed by atoms with Gasteiger partial charge in [0.15, 0.2) is 0 Å². The lowest BCUT2D eigenvalue weighted by atomic mass is 9.96. The van der Waals surface area contributed by atoms with Gasteiger partial charge in [0, 0.05) is 13.1 Å². The van der Waals surface area contributed by atoms with Crippen molar-refractivity contribution in [1.82, 2.24) is 4.90 Å². The number of carbonyl (C=O) groups is 2. The monoisotopic (exact) mass is 368 g/mol. The predicted octanol–water partition coefficient (Wildman–Crippen LogP) is 1.25. The Hall–Kier alpha value is -2.09. The van der Waals surface area contributed by atoms with Crippen LogP contribution in [0.4, 0.5) is 5.69 Å². The van der Waals surface area contributed by atoms with Crippen LogP contribution in [-0.4, -0.2) is 57.7 Å². The Morgan fingerprint density at radius 3 is 2.24 bits per heavy atom. The Balaban J connectivity index is 2.14. The number of benzene rings is 1. The van der Waals surface area contributed by atoms with Crippen LogP contribution in [0.5, 0.6) is 0 Å². The van der Waals surface area contributed by atoms with Crippen LogP contribution in [0.1, 0.15) is 19.8 Å². The number of nitrogens with zero attached hydrogens (tertiary/aromatic N) is 2. The third-order valence-electron chi connectivity index (χ3n) is 4.42. The number of anilines is 1. The van der Waals surface area contributed by atoms with Crippen LogP contribution < -0.4 is 4.31 Å². The van der Waals surface area contributed by atoms with Gasteiger partial charge in [0.25, 0.3) is 0 Å². The van der Waals surface area contributed by atoms with Crippen molar-refractivity contribution >= 4 is 27.6 Å². The van der Waals surface area contributed by atoms with Crippen LogP contribution in [-0.2, 0) is 24.3 Å². The van der Waals surface area contributed by atoms with E-state index in [1.54, 1.807) is 42.2 Å². The minimum atomic E-state index is -3.62. The second-order valence-corrected chi connectivity index (χ2v) is 8.05. The number of ether oxygens (including phenoxy) is 1. The summed E-state index contributed by atoms with van der Waals surface area (Å²) in [5.41, 5.74) is 0.454. The summed E-state index contributed by atoms with van der Waals surface area (Å²) in [6, 6.07) is 7.71. The van der Waals surface area contributed by atoms with E-state index in [0.29, 0.717) is 31.6 Å². The number of para-hydroxylation sites is 1. The van der Waals surface area contributed by atoms with E-state index in [0.717, 1.165) is 10.6 Å². The molecule has 1 unspecified atom stereocenters. The molecule has 0 aliphatic carbocycles. The molecule has 138 valence electrons. The zero-order chi connectivity index (χ0) is 18.6. The zero-order valence-corrected chi connectivity index (χ0v) is 15.5. The molecule has 7 nitrogen and oxygen atoms in total. The van der Waals surface area contributed by atoms with Crippen molar-refractivity contribution < 1.29 is 22.7 Å². The van der Waals surface area contributed by atoms with Gasteiger partial charge in [-0.15, -0.1) is 0 Å². The Morgan fingerprint density at radius 2 is 1.76 bits per heavy atom. The van der Waals surface area contributed by atoms with E-state index in [-0.39, 0.29) is 17.8 Å². The third-order valence-corrected chi connectivity index (χ3v) is 5.66. The first-order valence-electron chi connectivity index (χ1n) is 8.16. The summed E-state index contributed by atoms with van der Waals surface area (Å²) < 4.78 is 30.4. The van der Waals surface area contributed by atoms with Gasteiger partial charge in [-0.1, -0.05) is 18.2 Å². The number of esters is 1. The quantitative estimate of drug-likeness (QED) is 0.731. The average Bonchev–Trinajstić information content (AvgIpc) is 2.60. The molecule has 0 saturated carbocycles. The van der Waals surface area contributed by atoms with Gasteiger partial charge in [-0.05, 0) is 31.9 Å². The van der Waals surface area contributed by atoms with Gasteiger partial charge in [-0.25, -0.2) is 8.42 Å². The number of methoxy groups -OCH3 is 1. The van der Waals surface area contributed by atoms with E-state index in [1.807, 2.05) is 0 Å². The van der Waals surface area contributed by atoms with Crippen LogP contribution in [0.15, 0.2) is 30.3 Å². The SMILES string of the molecule is COC(=O)C1CCN(C(=O)C(C)N(c2ccccc2)S(C)(=O)=O)CC1. The molecule has 1 aliphatic rings. The van der Waals surface area contributed by atoms with E-state index in [9.17, 15) is 18.0 Å². The lowest BCUT2D eigenvalue weighted by Gasteiger charge is -2.36. The lowest BCUT2D eigenvalue weighted by molar-refractivity contribution is -0.149. The Labute approximate surface area is 148 Å². The highest BCUT2D eigenvalue weighted by atomic mass is 32.2. The van der Waals surface area contributed by atoms with Crippen LogP contribution in [0.25, 0.3) is 0 Å². The highest BCUT2D eigenvalue weighted by Gasteiger charge is 2.34. The first kappa shape index (κ1) is 19.2. The first-order chi connectivity index (χ1) is 11.8. The van der Waals surface area contributed by atoms with E-state index in [2.05, 4.69) is 0 Å². The van der Waals surface area contributed by atoms with Crippen LogP contribution in [0, 0.1) is 5.92 Å². The van der Waals surface area contributed by atoms with Crippen molar-refractivity contribution in [2.24, 2.45) is 5.92 Å². The minimum absolute atomic E-state index is 0.204. The van der Waals surface area contributed by atoms with Gasteiger partial charge in [0.2, 0.25) is 15.9 Å². The fourth-order valence-electron chi connectivity index (χ4n) is 3.14. The predicted molar refractivity (Wildman–Crippen MR) is 94.5 cm³/mol. The maximum Gasteiger partial charge on any atom is 0.308 e. The summed E-state index contributed by atoms with van der Waals surface area (Å²) in [5, 5.41) is 0. The molecule has 1 atom stereocenters. The minimum Gasteiger partial charge on any atom is -0.469 e. The Morgan fingerprint density at radius 1 is 1.20 bits per heavy atom. The molecular formula is C17H24N2O5S. The van der Waals surface area contributed by atoms with E-state index >= 15 is 0 Å². The third kappa shape index (κ3) is 4.50. The van der Waals surface area contributed by atoms with E-state index < -0.39 is 16.1 Å². The molecule has 1 heterocycles. The molecular weight excluding hydrogens is 344 g/mol. The standard InChI is InChI=1S/C17H24N2O5S/c1-13(19(25(3,22)23)15-7-5-4-6-8-15)16(20)18-11-9-14(10-12-18)17(21)24-2/h4-8,13-14H,9-12H2,1-3H3. The second kappa shape index (κ2) is 7.86. The molecule has 1 fully saturated rings. The summed E-state index contributed by atoms with van der Waals surface area (Å²) in [7, 11) is -2.26. The largest absolute Gasteiger partial charge is 0.469 e. The van der Waals surface area contributed by atoms with Gasteiger partial charge < -0.3 is 9.64 Å². The Bertz CT molecular complexity index is 712. The van der Waals surface area contributed by atoms with Gasteiger partial charge in [-0.2, -0.15) is 0 Å². The van der Waals surface area contributed by atoms with Crippen molar-refractivity contribution in [2.75, 3.05) is 30.8 Å². The summed E-state index contributed by atoms with van der Waals surface area (Å²) in [4.78, 5) is 26.0.